The van der Waals surface area contributed by atoms with Crippen molar-refractivity contribution in [2.45, 2.75) is 39.0 Å². The summed E-state index contributed by atoms with van der Waals surface area (Å²) in [5.74, 6) is 0.192. The maximum Gasteiger partial charge on any atom is 0.272 e. The fraction of sp³-hybridized carbons (Fsp3) is 0.455. The molecule has 3 aromatic heterocycles. The first kappa shape index (κ1) is 20.1. The van der Waals surface area contributed by atoms with Gasteiger partial charge in [0, 0.05) is 56.3 Å². The van der Waals surface area contributed by atoms with E-state index >= 15 is 0 Å². The van der Waals surface area contributed by atoms with E-state index in [1.54, 1.807) is 24.1 Å². The number of nitrogens with zero attached hydrogens (tertiary/aromatic N) is 4. The summed E-state index contributed by atoms with van der Waals surface area (Å²) in [6.07, 6.45) is 8.43. The van der Waals surface area contributed by atoms with Crippen LogP contribution in [0.2, 0.25) is 0 Å². The highest BCUT2D eigenvalue weighted by Gasteiger charge is 2.28. The number of amides is 1. The molecular formula is C22H27N5O3. The number of piperidine rings is 1. The van der Waals surface area contributed by atoms with Gasteiger partial charge in [0.2, 0.25) is 5.91 Å². The molecule has 1 saturated heterocycles. The van der Waals surface area contributed by atoms with Gasteiger partial charge >= 0.3 is 0 Å². The SMILES string of the molecule is Cc1ccc2c(=O)[nH]c(CCCC(=O)N3CCC(C(=O)c4cnn(C)c4)CC3)cn12. The lowest BCUT2D eigenvalue weighted by Crippen LogP contribution is -2.40. The van der Waals surface area contributed by atoms with Crippen molar-refractivity contribution in [1.29, 1.82) is 0 Å². The molecule has 4 heterocycles. The number of fused-ring (bicyclic) bond motifs is 1. The molecule has 4 rings (SSSR count). The minimum atomic E-state index is -0.104. The Morgan fingerprint density at radius 2 is 1.97 bits per heavy atom. The summed E-state index contributed by atoms with van der Waals surface area (Å²) in [6, 6.07) is 3.73. The third-order valence-corrected chi connectivity index (χ3v) is 5.96. The minimum absolute atomic E-state index is 0.0418. The van der Waals surface area contributed by atoms with Crippen LogP contribution in [0.4, 0.5) is 0 Å². The number of aromatic amines is 1. The number of likely N-dealkylation sites (tertiary alicyclic amines) is 1. The van der Waals surface area contributed by atoms with Crippen molar-refractivity contribution in [1.82, 2.24) is 24.1 Å². The molecular weight excluding hydrogens is 382 g/mol. The van der Waals surface area contributed by atoms with Crippen LogP contribution >= 0.6 is 0 Å². The number of ketones is 1. The second-order valence-corrected chi connectivity index (χ2v) is 8.11. The van der Waals surface area contributed by atoms with Crippen molar-refractivity contribution in [3.63, 3.8) is 0 Å². The first-order chi connectivity index (χ1) is 14.4. The van der Waals surface area contributed by atoms with E-state index < -0.39 is 0 Å². The molecule has 1 aliphatic heterocycles. The van der Waals surface area contributed by atoms with E-state index in [4.69, 9.17) is 0 Å². The van der Waals surface area contributed by atoms with E-state index in [1.807, 2.05) is 34.6 Å². The number of hydrogen-bond acceptors (Lipinski definition) is 4. The summed E-state index contributed by atoms with van der Waals surface area (Å²) in [5.41, 5.74) is 3.02. The van der Waals surface area contributed by atoms with Crippen molar-refractivity contribution in [2.24, 2.45) is 13.0 Å². The van der Waals surface area contributed by atoms with Crippen LogP contribution in [0.5, 0.6) is 0 Å². The Morgan fingerprint density at radius 3 is 2.67 bits per heavy atom. The van der Waals surface area contributed by atoms with Crippen LogP contribution in [0.3, 0.4) is 0 Å². The van der Waals surface area contributed by atoms with Gasteiger partial charge in [-0.15, -0.1) is 0 Å². The highest BCUT2D eigenvalue weighted by Crippen LogP contribution is 2.22. The molecule has 0 radical (unpaired) electrons. The van der Waals surface area contributed by atoms with Gasteiger partial charge in [-0.25, -0.2) is 0 Å². The fourth-order valence-corrected chi connectivity index (χ4v) is 4.20. The monoisotopic (exact) mass is 409 g/mol. The van der Waals surface area contributed by atoms with Gasteiger partial charge in [-0.05, 0) is 44.7 Å². The summed E-state index contributed by atoms with van der Waals surface area (Å²) < 4.78 is 3.52. The van der Waals surface area contributed by atoms with E-state index in [0.29, 0.717) is 56.3 Å². The van der Waals surface area contributed by atoms with Gasteiger partial charge in [0.05, 0.1) is 11.8 Å². The fourth-order valence-electron chi connectivity index (χ4n) is 4.20. The molecule has 1 N–H and O–H groups in total. The van der Waals surface area contributed by atoms with Gasteiger partial charge in [-0.3, -0.25) is 19.1 Å². The lowest BCUT2D eigenvalue weighted by atomic mass is 9.90. The Balaban J connectivity index is 1.27. The van der Waals surface area contributed by atoms with Gasteiger partial charge in [-0.2, -0.15) is 5.10 Å². The van der Waals surface area contributed by atoms with Crippen LogP contribution in [0.25, 0.3) is 5.52 Å². The van der Waals surface area contributed by atoms with Crippen molar-refractivity contribution in [2.75, 3.05) is 13.1 Å². The lowest BCUT2D eigenvalue weighted by Gasteiger charge is -2.31. The molecule has 0 aromatic carbocycles. The quantitative estimate of drug-likeness (QED) is 0.631. The van der Waals surface area contributed by atoms with Gasteiger partial charge < -0.3 is 14.3 Å². The van der Waals surface area contributed by atoms with Gasteiger partial charge in [-0.1, -0.05) is 0 Å². The number of Topliss-reactive ketones (excluding diaryl/α,β-unsaturated/α-hetero) is 1. The zero-order chi connectivity index (χ0) is 21.3. The molecule has 0 bridgehead atoms. The molecule has 0 atom stereocenters. The first-order valence-corrected chi connectivity index (χ1v) is 10.4. The highest BCUT2D eigenvalue weighted by atomic mass is 16.2. The normalized spacial score (nSPS) is 15.1. The third kappa shape index (κ3) is 4.08. The second kappa shape index (κ2) is 8.30. The zero-order valence-electron chi connectivity index (χ0n) is 17.4. The van der Waals surface area contributed by atoms with Crippen molar-refractivity contribution in [3.8, 4) is 0 Å². The number of hydrogen-bond donors (Lipinski definition) is 1. The number of rotatable bonds is 6. The molecule has 158 valence electrons. The number of carbonyl (C=O) groups is 2. The van der Waals surface area contributed by atoms with Gasteiger partial charge in [0.1, 0.15) is 5.52 Å². The number of aryl methyl sites for hydroxylation is 3. The summed E-state index contributed by atoms with van der Waals surface area (Å²) >= 11 is 0. The van der Waals surface area contributed by atoms with E-state index in [1.165, 1.54) is 0 Å². The first-order valence-electron chi connectivity index (χ1n) is 10.4. The predicted octanol–water partition coefficient (Wildman–Crippen LogP) is 2.11. The van der Waals surface area contributed by atoms with Gasteiger partial charge in [0.25, 0.3) is 5.56 Å². The Hall–Kier alpha value is -3.16. The lowest BCUT2D eigenvalue weighted by molar-refractivity contribution is -0.132. The smallest absolute Gasteiger partial charge is 0.272 e. The molecule has 1 fully saturated rings. The Kier molecular flexibility index (Phi) is 5.57. The second-order valence-electron chi connectivity index (χ2n) is 8.11. The average molecular weight is 409 g/mol. The zero-order valence-corrected chi connectivity index (χ0v) is 17.4. The van der Waals surface area contributed by atoms with E-state index in [9.17, 15) is 14.4 Å². The summed E-state index contributed by atoms with van der Waals surface area (Å²) in [4.78, 5) is 42.1. The van der Waals surface area contributed by atoms with Crippen LogP contribution in [0, 0.1) is 12.8 Å². The summed E-state index contributed by atoms with van der Waals surface area (Å²) in [5, 5.41) is 4.07. The van der Waals surface area contributed by atoms with Gasteiger partial charge in [0.15, 0.2) is 5.78 Å². The Bertz CT molecular complexity index is 1130. The largest absolute Gasteiger partial charge is 0.343 e. The number of aromatic nitrogens is 4. The van der Waals surface area contributed by atoms with Crippen LogP contribution in [0.1, 0.15) is 47.4 Å². The minimum Gasteiger partial charge on any atom is -0.343 e. The molecule has 0 saturated carbocycles. The maximum atomic E-state index is 12.6. The highest BCUT2D eigenvalue weighted by molar-refractivity contribution is 5.97. The van der Waals surface area contributed by atoms with Crippen LogP contribution < -0.4 is 5.56 Å². The third-order valence-electron chi connectivity index (χ3n) is 5.96. The number of H-pyrrole nitrogens is 1. The van der Waals surface area contributed by atoms with Crippen LogP contribution in [0.15, 0.2) is 35.5 Å². The topological polar surface area (TPSA) is 92.5 Å². The molecule has 0 aliphatic carbocycles. The molecule has 1 aliphatic rings. The molecule has 0 spiro atoms. The van der Waals surface area contributed by atoms with Crippen molar-refractivity contribution < 1.29 is 9.59 Å². The van der Waals surface area contributed by atoms with E-state index in [0.717, 1.165) is 11.4 Å². The Morgan fingerprint density at radius 1 is 1.20 bits per heavy atom. The van der Waals surface area contributed by atoms with Crippen molar-refractivity contribution in [3.05, 3.63) is 58.0 Å². The number of carbonyl (C=O) groups excluding carboxylic acids is 2. The maximum absolute atomic E-state index is 12.6. The molecule has 3 aromatic rings. The van der Waals surface area contributed by atoms with E-state index in [2.05, 4.69) is 10.1 Å². The molecule has 1 amide bonds. The molecule has 8 nitrogen and oxygen atoms in total. The average Bonchev–Trinajstić information content (AvgIpc) is 3.34. The number of nitrogens with one attached hydrogen (secondary N) is 1. The standard InChI is InChI=1S/C22H27N5O3/c1-15-6-7-19-22(30)24-18(14-27(15)19)4-3-5-20(28)26-10-8-16(9-11-26)21(29)17-12-23-25(2)13-17/h6-7,12-14,16H,3-5,8-11H2,1-2H3,(H,24,30). The summed E-state index contributed by atoms with van der Waals surface area (Å²) in [6.45, 7) is 3.18. The summed E-state index contributed by atoms with van der Waals surface area (Å²) in [7, 11) is 1.80. The van der Waals surface area contributed by atoms with Crippen LogP contribution in [-0.2, 0) is 18.3 Å². The van der Waals surface area contributed by atoms with Crippen molar-refractivity contribution >= 4 is 17.2 Å². The van der Waals surface area contributed by atoms with E-state index in [-0.39, 0.29) is 23.2 Å². The molecule has 8 heteroatoms. The Labute approximate surface area is 174 Å². The predicted molar refractivity (Wildman–Crippen MR) is 113 cm³/mol. The molecule has 0 unspecified atom stereocenters. The van der Waals surface area contributed by atoms with Crippen LogP contribution in [-0.4, -0.2) is 48.8 Å². The molecule has 30 heavy (non-hydrogen) atoms.